The minimum Gasteiger partial charge on any atom is -0.356 e. The predicted octanol–water partition coefficient (Wildman–Crippen LogP) is 0.885. The van der Waals surface area contributed by atoms with Gasteiger partial charge in [0.25, 0.3) is 0 Å². The Hall–Kier alpha value is -3.31. The molecule has 32 heavy (non-hydrogen) atoms. The van der Waals surface area contributed by atoms with Gasteiger partial charge in [0, 0.05) is 38.1 Å². The van der Waals surface area contributed by atoms with Crippen molar-refractivity contribution in [2.24, 2.45) is 11.1 Å². The summed E-state index contributed by atoms with van der Waals surface area (Å²) in [5.41, 5.74) is 0.926. The van der Waals surface area contributed by atoms with E-state index >= 15 is 0 Å². The van der Waals surface area contributed by atoms with E-state index in [1.165, 1.54) is 18.5 Å². The number of anilines is 1. The Balaban J connectivity index is 1.31. The lowest BCUT2D eigenvalue weighted by atomic mass is 9.97. The molecule has 3 aromatic rings. The number of carbonyl (C=O) groups is 1. The van der Waals surface area contributed by atoms with Gasteiger partial charge < -0.3 is 10.2 Å². The number of hydrogen-bond acceptors (Lipinski definition) is 7. The summed E-state index contributed by atoms with van der Waals surface area (Å²) in [5.74, 6) is 1.34. The van der Waals surface area contributed by atoms with Crippen molar-refractivity contribution in [1.29, 1.82) is 0 Å². The summed E-state index contributed by atoms with van der Waals surface area (Å²) in [6, 6.07) is 10.1. The molecule has 3 heterocycles. The molecule has 4 rings (SSSR count). The Morgan fingerprint density at radius 1 is 1.19 bits per heavy atom. The van der Waals surface area contributed by atoms with Gasteiger partial charge in [-0.3, -0.25) is 4.79 Å². The number of nitrogens with one attached hydrogen (secondary N) is 1. The van der Waals surface area contributed by atoms with E-state index in [4.69, 9.17) is 5.14 Å². The van der Waals surface area contributed by atoms with E-state index in [2.05, 4.69) is 25.3 Å². The fraction of sp³-hybridized carbons (Fsp3) is 0.333. The molecule has 1 saturated heterocycles. The van der Waals surface area contributed by atoms with Crippen molar-refractivity contribution in [2.75, 3.05) is 24.5 Å². The molecular formula is C21H25N7O3S. The molecule has 1 aromatic carbocycles. The van der Waals surface area contributed by atoms with Crippen molar-refractivity contribution >= 4 is 21.7 Å². The second-order valence-electron chi connectivity index (χ2n) is 7.70. The Morgan fingerprint density at radius 3 is 2.69 bits per heavy atom. The first-order valence-electron chi connectivity index (χ1n) is 10.4. The van der Waals surface area contributed by atoms with Crippen molar-refractivity contribution in [2.45, 2.75) is 24.2 Å². The van der Waals surface area contributed by atoms with E-state index in [0.29, 0.717) is 25.3 Å². The standard InChI is InChI=1S/C21H25N7O3S/c22-32(30,31)18-6-4-16(5-7-18)8-10-23-21(29)17-3-1-11-27(14-17)19-13-20(25-15-24-19)28-12-2-9-26-28/h2,4-7,9,12-13,15,17H,1,3,8,10-11,14H2,(H,23,29)(H2,22,30,31). The third kappa shape index (κ3) is 5.29. The molecule has 0 bridgehead atoms. The van der Waals surface area contributed by atoms with Gasteiger partial charge in [0.15, 0.2) is 5.82 Å². The highest BCUT2D eigenvalue weighted by atomic mass is 32.2. The SMILES string of the molecule is NS(=O)(=O)c1ccc(CCNC(=O)C2CCCN(c3cc(-n4cccn4)ncn3)C2)cc1. The van der Waals surface area contributed by atoms with Crippen molar-refractivity contribution < 1.29 is 13.2 Å². The highest BCUT2D eigenvalue weighted by Crippen LogP contribution is 2.22. The van der Waals surface area contributed by atoms with Gasteiger partial charge in [-0.1, -0.05) is 12.1 Å². The lowest BCUT2D eigenvalue weighted by Gasteiger charge is -2.32. The molecule has 1 aliphatic rings. The second-order valence-corrected chi connectivity index (χ2v) is 9.26. The topological polar surface area (TPSA) is 136 Å². The van der Waals surface area contributed by atoms with E-state index in [-0.39, 0.29) is 16.7 Å². The summed E-state index contributed by atoms with van der Waals surface area (Å²) in [6.07, 6.45) is 7.35. The number of rotatable bonds is 7. The van der Waals surface area contributed by atoms with Crippen LogP contribution in [0.4, 0.5) is 5.82 Å². The molecule has 3 N–H and O–H groups in total. The number of carbonyl (C=O) groups excluding carboxylic acids is 1. The van der Waals surface area contributed by atoms with Gasteiger partial charge in [-0.2, -0.15) is 5.10 Å². The maximum Gasteiger partial charge on any atom is 0.238 e. The van der Waals surface area contributed by atoms with Crippen LogP contribution in [0.3, 0.4) is 0 Å². The largest absolute Gasteiger partial charge is 0.356 e. The van der Waals surface area contributed by atoms with Gasteiger partial charge in [-0.15, -0.1) is 0 Å². The van der Waals surface area contributed by atoms with Crippen molar-refractivity contribution in [1.82, 2.24) is 25.1 Å². The number of piperidine rings is 1. The molecule has 168 valence electrons. The number of primary sulfonamides is 1. The minimum absolute atomic E-state index is 0.0113. The van der Waals surface area contributed by atoms with E-state index in [1.54, 1.807) is 23.0 Å². The third-order valence-electron chi connectivity index (χ3n) is 5.46. The monoisotopic (exact) mass is 455 g/mol. The normalized spacial score (nSPS) is 16.7. The fourth-order valence-corrected chi connectivity index (χ4v) is 4.27. The summed E-state index contributed by atoms with van der Waals surface area (Å²) in [5, 5.41) is 12.3. The Morgan fingerprint density at radius 2 is 1.97 bits per heavy atom. The summed E-state index contributed by atoms with van der Waals surface area (Å²) in [7, 11) is -3.70. The summed E-state index contributed by atoms with van der Waals surface area (Å²) >= 11 is 0. The zero-order chi connectivity index (χ0) is 22.6. The van der Waals surface area contributed by atoms with Gasteiger partial charge in [0.2, 0.25) is 15.9 Å². The summed E-state index contributed by atoms with van der Waals surface area (Å²) in [4.78, 5) is 23.6. The first-order valence-corrected chi connectivity index (χ1v) is 11.9. The van der Waals surface area contributed by atoms with Crippen LogP contribution in [0.25, 0.3) is 5.82 Å². The lowest BCUT2D eigenvalue weighted by Crippen LogP contribution is -2.43. The number of nitrogens with zero attached hydrogens (tertiary/aromatic N) is 5. The number of amides is 1. The lowest BCUT2D eigenvalue weighted by molar-refractivity contribution is -0.125. The molecule has 0 saturated carbocycles. The van der Waals surface area contributed by atoms with Crippen LogP contribution in [0.5, 0.6) is 0 Å². The van der Waals surface area contributed by atoms with E-state index in [0.717, 1.165) is 30.8 Å². The molecule has 1 fully saturated rings. The van der Waals surface area contributed by atoms with Crippen LogP contribution in [-0.2, 0) is 21.2 Å². The highest BCUT2D eigenvalue weighted by molar-refractivity contribution is 7.89. The molecular weight excluding hydrogens is 430 g/mol. The van der Waals surface area contributed by atoms with Crippen molar-refractivity contribution in [3.05, 3.63) is 60.7 Å². The first kappa shape index (κ1) is 21.9. The summed E-state index contributed by atoms with van der Waals surface area (Å²) in [6.45, 7) is 1.89. The zero-order valence-electron chi connectivity index (χ0n) is 17.5. The van der Waals surface area contributed by atoms with Crippen LogP contribution >= 0.6 is 0 Å². The number of aromatic nitrogens is 4. The zero-order valence-corrected chi connectivity index (χ0v) is 18.3. The number of hydrogen-bond donors (Lipinski definition) is 2. The molecule has 1 aliphatic heterocycles. The molecule has 2 aromatic heterocycles. The van der Waals surface area contributed by atoms with Crippen LogP contribution in [-0.4, -0.2) is 53.7 Å². The summed E-state index contributed by atoms with van der Waals surface area (Å²) < 4.78 is 24.3. The van der Waals surface area contributed by atoms with Crippen LogP contribution < -0.4 is 15.4 Å². The van der Waals surface area contributed by atoms with Gasteiger partial charge in [0.05, 0.1) is 10.8 Å². The Bertz CT molecular complexity index is 1160. The highest BCUT2D eigenvalue weighted by Gasteiger charge is 2.26. The fourth-order valence-electron chi connectivity index (χ4n) is 3.76. The second kappa shape index (κ2) is 9.45. The van der Waals surface area contributed by atoms with Gasteiger partial charge >= 0.3 is 0 Å². The molecule has 1 amide bonds. The number of nitrogens with two attached hydrogens (primary N) is 1. The van der Waals surface area contributed by atoms with Crippen molar-refractivity contribution in [3.8, 4) is 5.82 Å². The average Bonchev–Trinajstić information content (AvgIpc) is 3.34. The quantitative estimate of drug-likeness (QED) is 0.540. The predicted molar refractivity (Wildman–Crippen MR) is 119 cm³/mol. The van der Waals surface area contributed by atoms with Crippen LogP contribution in [0.2, 0.25) is 0 Å². The smallest absolute Gasteiger partial charge is 0.238 e. The Labute approximate surface area is 186 Å². The van der Waals surface area contributed by atoms with E-state index < -0.39 is 10.0 Å². The maximum atomic E-state index is 12.7. The Kier molecular flexibility index (Phi) is 6.47. The molecule has 1 unspecified atom stereocenters. The molecule has 0 aliphatic carbocycles. The molecule has 11 heteroatoms. The van der Waals surface area contributed by atoms with Gasteiger partial charge in [-0.25, -0.2) is 28.2 Å². The van der Waals surface area contributed by atoms with Gasteiger partial charge in [0.1, 0.15) is 12.1 Å². The number of sulfonamides is 1. The van der Waals surface area contributed by atoms with E-state index in [9.17, 15) is 13.2 Å². The molecule has 1 atom stereocenters. The first-order chi connectivity index (χ1) is 15.4. The molecule has 0 spiro atoms. The van der Waals surface area contributed by atoms with Crippen LogP contribution in [0.1, 0.15) is 18.4 Å². The number of benzene rings is 1. The van der Waals surface area contributed by atoms with Crippen LogP contribution in [0, 0.1) is 5.92 Å². The molecule has 0 radical (unpaired) electrons. The minimum atomic E-state index is -3.70. The van der Waals surface area contributed by atoms with Gasteiger partial charge in [-0.05, 0) is 43.0 Å². The maximum absolute atomic E-state index is 12.7. The van der Waals surface area contributed by atoms with Crippen molar-refractivity contribution in [3.63, 3.8) is 0 Å². The van der Waals surface area contributed by atoms with E-state index in [1.807, 2.05) is 18.3 Å². The molecule has 10 nitrogen and oxygen atoms in total. The average molecular weight is 456 g/mol. The third-order valence-corrected chi connectivity index (χ3v) is 6.39. The van der Waals surface area contributed by atoms with Crippen LogP contribution in [0.15, 0.2) is 60.0 Å².